The lowest BCUT2D eigenvalue weighted by atomic mass is 10.4. The molecule has 106 valence electrons. The Morgan fingerprint density at radius 3 is 2.75 bits per heavy atom. The van der Waals surface area contributed by atoms with Crippen LogP contribution >= 0.6 is 21.9 Å². The lowest BCUT2D eigenvalue weighted by Crippen LogP contribution is -2.29. The van der Waals surface area contributed by atoms with Crippen molar-refractivity contribution in [1.82, 2.24) is 4.98 Å². The van der Waals surface area contributed by atoms with Gasteiger partial charge in [-0.05, 0) is 12.1 Å². The molecule has 1 fully saturated rings. The van der Waals surface area contributed by atoms with Crippen molar-refractivity contribution in [1.29, 1.82) is 0 Å². The first-order valence-corrected chi connectivity index (χ1v) is 8.05. The molecule has 8 heteroatoms. The molecular formula is C12H12N2O4S2. The molecule has 0 radical (unpaired) electrons. The molecule has 0 aliphatic carbocycles. The topological polar surface area (TPSA) is 76.6 Å². The molecule has 0 aromatic carbocycles. The molecule has 0 bridgehead atoms. The van der Waals surface area contributed by atoms with Crippen LogP contribution in [0.1, 0.15) is 26.2 Å². The lowest BCUT2D eigenvalue weighted by molar-refractivity contribution is -0.132. The Morgan fingerprint density at radius 1 is 1.40 bits per heavy atom. The molecule has 1 saturated heterocycles. The van der Waals surface area contributed by atoms with E-state index < -0.39 is 0 Å². The summed E-state index contributed by atoms with van der Waals surface area (Å²) in [7, 11) is 1.10. The zero-order chi connectivity index (χ0) is 14.5. The van der Waals surface area contributed by atoms with Crippen molar-refractivity contribution in [3.05, 3.63) is 18.3 Å². The van der Waals surface area contributed by atoms with Crippen LogP contribution in [0.2, 0.25) is 0 Å². The maximum atomic E-state index is 11.7. The molecule has 0 unspecified atom stereocenters. The molecule has 2 heterocycles. The number of carbonyl (C=O) groups is 3. The second kappa shape index (κ2) is 6.76. The first-order chi connectivity index (χ1) is 9.63. The van der Waals surface area contributed by atoms with Crippen molar-refractivity contribution >= 4 is 45.3 Å². The Labute approximate surface area is 123 Å². The summed E-state index contributed by atoms with van der Waals surface area (Å²) in [5, 5.41) is 0.463. The highest BCUT2D eigenvalue weighted by molar-refractivity contribution is 8.75. The third-order valence-electron chi connectivity index (χ3n) is 2.57. The zero-order valence-corrected chi connectivity index (χ0v) is 12.3. The van der Waals surface area contributed by atoms with E-state index in [1.165, 1.54) is 0 Å². The van der Waals surface area contributed by atoms with Crippen LogP contribution in [0, 0.1) is 0 Å². The average Bonchev–Trinajstić information content (AvgIpc) is 2.78. The van der Waals surface area contributed by atoms with Crippen molar-refractivity contribution in [3.8, 4) is 0 Å². The fraction of sp³-hybridized carbons (Fsp3) is 0.333. The van der Waals surface area contributed by atoms with Gasteiger partial charge in [-0.15, -0.1) is 0 Å². The molecule has 1 aliphatic rings. The molecule has 0 saturated carbocycles. The number of carbonyl (C=O) groups excluding carboxylic acids is 3. The Balaban J connectivity index is 2.12. The van der Waals surface area contributed by atoms with E-state index in [0.717, 1.165) is 26.8 Å². The van der Waals surface area contributed by atoms with Gasteiger partial charge in [0.15, 0.2) is 0 Å². The van der Waals surface area contributed by atoms with Crippen LogP contribution in [0.3, 0.4) is 0 Å². The summed E-state index contributed by atoms with van der Waals surface area (Å²) >= 11 is 0.870. The smallest absolute Gasteiger partial charge is 0.318 e. The monoisotopic (exact) mass is 312 g/mol. The third kappa shape index (κ3) is 3.31. The van der Waals surface area contributed by atoms with Crippen LogP contribution in [-0.4, -0.2) is 22.8 Å². The van der Waals surface area contributed by atoms with Gasteiger partial charge >= 0.3 is 5.97 Å². The van der Waals surface area contributed by atoms with Gasteiger partial charge in [0, 0.05) is 36.3 Å². The van der Waals surface area contributed by atoms with Crippen LogP contribution in [0.25, 0.3) is 0 Å². The van der Waals surface area contributed by atoms with Gasteiger partial charge in [0.2, 0.25) is 11.8 Å². The molecule has 1 aromatic rings. The normalized spacial score (nSPS) is 14.8. The molecule has 20 heavy (non-hydrogen) atoms. The second-order valence-corrected chi connectivity index (χ2v) is 5.68. The Hall–Kier alpha value is -1.54. The standard InChI is InChI=1S/C12H12N2O4S2/c1-2-11(17)18-20-19-12-8(4-3-7-13-12)14-9(15)5-6-10(14)16/h3-4,7H,2,5-6H2,1H3. The van der Waals surface area contributed by atoms with Gasteiger partial charge < -0.3 is 4.18 Å². The summed E-state index contributed by atoms with van der Waals surface area (Å²) in [6, 6.07) is 3.31. The maximum absolute atomic E-state index is 11.7. The van der Waals surface area contributed by atoms with Crippen LogP contribution in [-0.2, 0) is 18.6 Å². The van der Waals surface area contributed by atoms with Crippen molar-refractivity contribution in [3.63, 3.8) is 0 Å². The number of anilines is 1. The molecular weight excluding hydrogens is 300 g/mol. The minimum Gasteiger partial charge on any atom is -0.379 e. The van der Waals surface area contributed by atoms with E-state index in [0.29, 0.717) is 10.7 Å². The summed E-state index contributed by atoms with van der Waals surface area (Å²) in [5.74, 6) is -0.811. The molecule has 2 amide bonds. The minimum absolute atomic E-state index is 0.218. The molecule has 1 aromatic heterocycles. The fourth-order valence-corrected chi connectivity index (χ4v) is 3.16. The number of nitrogens with zero attached hydrogens (tertiary/aromatic N) is 2. The first-order valence-electron chi connectivity index (χ1n) is 5.98. The number of aromatic nitrogens is 1. The quantitative estimate of drug-likeness (QED) is 0.469. The highest BCUT2D eigenvalue weighted by atomic mass is 33.1. The molecule has 6 nitrogen and oxygen atoms in total. The molecule has 2 rings (SSSR count). The molecule has 0 atom stereocenters. The van der Waals surface area contributed by atoms with Crippen LogP contribution in [0.15, 0.2) is 23.4 Å². The fourth-order valence-electron chi connectivity index (χ4n) is 1.61. The number of imide groups is 1. The summed E-state index contributed by atoms with van der Waals surface area (Å²) in [4.78, 5) is 39.8. The average molecular weight is 312 g/mol. The molecule has 0 spiro atoms. The zero-order valence-electron chi connectivity index (χ0n) is 10.7. The first kappa shape index (κ1) is 14.9. The van der Waals surface area contributed by atoms with Crippen molar-refractivity contribution < 1.29 is 18.6 Å². The van der Waals surface area contributed by atoms with Gasteiger partial charge in [-0.1, -0.05) is 6.92 Å². The Morgan fingerprint density at radius 2 is 2.10 bits per heavy atom. The highest BCUT2D eigenvalue weighted by Crippen LogP contribution is 2.38. The number of amides is 2. The van der Waals surface area contributed by atoms with Crippen molar-refractivity contribution in [2.75, 3.05) is 4.90 Å². The maximum Gasteiger partial charge on any atom is 0.318 e. The van der Waals surface area contributed by atoms with Crippen molar-refractivity contribution in [2.45, 2.75) is 31.2 Å². The van der Waals surface area contributed by atoms with E-state index in [-0.39, 0.29) is 37.0 Å². The third-order valence-corrected chi connectivity index (χ3v) is 4.25. The van der Waals surface area contributed by atoms with E-state index in [9.17, 15) is 14.4 Å². The minimum atomic E-state index is -0.340. The van der Waals surface area contributed by atoms with Gasteiger partial charge in [-0.25, -0.2) is 9.88 Å². The summed E-state index contributed by atoms with van der Waals surface area (Å²) in [6.45, 7) is 1.70. The predicted molar refractivity (Wildman–Crippen MR) is 75.8 cm³/mol. The van der Waals surface area contributed by atoms with Crippen LogP contribution in [0.5, 0.6) is 0 Å². The van der Waals surface area contributed by atoms with Gasteiger partial charge in [0.25, 0.3) is 0 Å². The van der Waals surface area contributed by atoms with E-state index >= 15 is 0 Å². The van der Waals surface area contributed by atoms with Crippen LogP contribution < -0.4 is 4.90 Å². The van der Waals surface area contributed by atoms with Gasteiger partial charge in [-0.3, -0.25) is 14.4 Å². The number of pyridine rings is 1. The SMILES string of the molecule is CCC(=O)OSSc1ncccc1N1C(=O)CCC1=O. The summed E-state index contributed by atoms with van der Waals surface area (Å²) in [6.07, 6.45) is 2.27. The van der Waals surface area contributed by atoms with E-state index in [1.54, 1.807) is 25.3 Å². The predicted octanol–water partition coefficient (Wildman–Crippen LogP) is 2.34. The lowest BCUT2D eigenvalue weighted by Gasteiger charge is -2.15. The summed E-state index contributed by atoms with van der Waals surface area (Å²) < 4.78 is 4.88. The number of rotatable bonds is 5. The van der Waals surface area contributed by atoms with E-state index in [4.69, 9.17) is 4.18 Å². The Kier molecular flexibility index (Phi) is 5.02. The molecule has 0 N–H and O–H groups in total. The van der Waals surface area contributed by atoms with Gasteiger partial charge in [-0.2, -0.15) is 0 Å². The number of hydrogen-bond acceptors (Lipinski definition) is 7. The van der Waals surface area contributed by atoms with Crippen LogP contribution in [0.4, 0.5) is 5.69 Å². The Bertz CT molecular complexity index is 534. The van der Waals surface area contributed by atoms with Gasteiger partial charge in [0.05, 0.1) is 5.69 Å². The van der Waals surface area contributed by atoms with Gasteiger partial charge in [0.1, 0.15) is 16.1 Å². The highest BCUT2D eigenvalue weighted by Gasteiger charge is 2.32. The number of hydrogen-bond donors (Lipinski definition) is 0. The summed E-state index contributed by atoms with van der Waals surface area (Å²) in [5.41, 5.74) is 0.435. The second-order valence-electron chi connectivity index (χ2n) is 3.91. The van der Waals surface area contributed by atoms with Crippen molar-refractivity contribution in [2.24, 2.45) is 0 Å². The largest absolute Gasteiger partial charge is 0.379 e. The molecule has 1 aliphatic heterocycles. The van der Waals surface area contributed by atoms with E-state index in [1.807, 2.05) is 0 Å². The van der Waals surface area contributed by atoms with E-state index in [2.05, 4.69) is 4.98 Å².